The van der Waals surface area contributed by atoms with E-state index < -0.39 is 0 Å². The molecule has 2 aromatic carbocycles. The summed E-state index contributed by atoms with van der Waals surface area (Å²) in [7, 11) is 0. The molecule has 3 aromatic rings. The zero-order valence-corrected chi connectivity index (χ0v) is 16.5. The Morgan fingerprint density at radius 3 is 2.54 bits per heavy atom. The SMILES string of the molecule is Cc1nc2ccccc2nc1SCC(=O)Nc1ccccc1N1CCOCC1. The van der Waals surface area contributed by atoms with Gasteiger partial charge >= 0.3 is 0 Å². The second-order valence-corrected chi connectivity index (χ2v) is 7.52. The molecule has 4 rings (SSSR count). The summed E-state index contributed by atoms with van der Waals surface area (Å²) in [6.45, 7) is 4.99. The van der Waals surface area contributed by atoms with Crippen molar-refractivity contribution in [2.45, 2.75) is 11.9 Å². The summed E-state index contributed by atoms with van der Waals surface area (Å²) >= 11 is 1.41. The maximum absolute atomic E-state index is 12.6. The van der Waals surface area contributed by atoms with Crippen LogP contribution < -0.4 is 10.2 Å². The Kier molecular flexibility index (Phi) is 5.73. The molecule has 0 spiro atoms. The fraction of sp³-hybridized carbons (Fsp3) is 0.286. The van der Waals surface area contributed by atoms with Crippen LogP contribution in [0, 0.1) is 6.92 Å². The summed E-state index contributed by atoms with van der Waals surface area (Å²) < 4.78 is 5.43. The average molecular weight is 395 g/mol. The van der Waals surface area contributed by atoms with E-state index >= 15 is 0 Å². The summed E-state index contributed by atoms with van der Waals surface area (Å²) in [5, 5.41) is 3.83. The van der Waals surface area contributed by atoms with Gasteiger partial charge in [-0.1, -0.05) is 36.0 Å². The average Bonchev–Trinajstić information content (AvgIpc) is 2.73. The maximum atomic E-state index is 12.6. The first-order valence-corrected chi connectivity index (χ1v) is 10.3. The minimum atomic E-state index is -0.0555. The highest BCUT2D eigenvalue weighted by Gasteiger charge is 2.16. The number of benzene rings is 2. The van der Waals surface area contributed by atoms with Crippen LogP contribution in [0.1, 0.15) is 5.69 Å². The van der Waals surface area contributed by atoms with Gasteiger partial charge < -0.3 is 15.0 Å². The van der Waals surface area contributed by atoms with Crippen molar-refractivity contribution < 1.29 is 9.53 Å². The largest absolute Gasteiger partial charge is 0.378 e. The molecule has 1 aliphatic heterocycles. The van der Waals surface area contributed by atoms with Gasteiger partial charge in [0, 0.05) is 13.1 Å². The quantitative estimate of drug-likeness (QED) is 0.668. The van der Waals surface area contributed by atoms with Gasteiger partial charge in [0.15, 0.2) is 0 Å². The van der Waals surface area contributed by atoms with Crippen molar-refractivity contribution in [2.24, 2.45) is 0 Å². The normalized spacial score (nSPS) is 14.2. The van der Waals surface area contributed by atoms with Gasteiger partial charge in [-0.15, -0.1) is 0 Å². The van der Waals surface area contributed by atoms with Crippen molar-refractivity contribution >= 4 is 40.1 Å². The number of nitrogens with zero attached hydrogens (tertiary/aromatic N) is 3. The third kappa shape index (κ3) is 4.26. The second kappa shape index (κ2) is 8.58. The molecule has 1 saturated heterocycles. The molecule has 28 heavy (non-hydrogen) atoms. The molecule has 0 unspecified atom stereocenters. The number of amides is 1. The summed E-state index contributed by atoms with van der Waals surface area (Å²) in [4.78, 5) is 24.0. The van der Waals surface area contributed by atoms with Crippen molar-refractivity contribution in [3.8, 4) is 0 Å². The van der Waals surface area contributed by atoms with E-state index in [1.165, 1.54) is 11.8 Å². The number of aryl methyl sites for hydroxylation is 1. The van der Waals surface area contributed by atoms with E-state index in [1.807, 2.05) is 55.5 Å². The van der Waals surface area contributed by atoms with Crippen molar-refractivity contribution in [3.63, 3.8) is 0 Å². The van der Waals surface area contributed by atoms with Gasteiger partial charge in [-0.05, 0) is 31.2 Å². The van der Waals surface area contributed by atoms with Crippen LogP contribution >= 0.6 is 11.8 Å². The van der Waals surface area contributed by atoms with E-state index in [0.29, 0.717) is 13.2 Å². The molecule has 1 amide bonds. The smallest absolute Gasteiger partial charge is 0.234 e. The summed E-state index contributed by atoms with van der Waals surface area (Å²) in [6, 6.07) is 15.7. The molecule has 144 valence electrons. The first-order chi connectivity index (χ1) is 13.7. The molecule has 0 atom stereocenters. The van der Waals surface area contributed by atoms with Gasteiger partial charge in [0.1, 0.15) is 5.03 Å². The van der Waals surface area contributed by atoms with Crippen LogP contribution in [-0.2, 0) is 9.53 Å². The maximum Gasteiger partial charge on any atom is 0.234 e. The predicted molar refractivity (Wildman–Crippen MR) is 113 cm³/mol. The lowest BCUT2D eigenvalue weighted by atomic mass is 10.2. The molecular formula is C21H22N4O2S. The highest BCUT2D eigenvalue weighted by molar-refractivity contribution is 8.00. The number of hydrogen-bond donors (Lipinski definition) is 1. The number of ether oxygens (including phenoxy) is 1. The van der Waals surface area contributed by atoms with Crippen molar-refractivity contribution in [1.82, 2.24) is 9.97 Å². The Morgan fingerprint density at radius 1 is 1.07 bits per heavy atom. The Morgan fingerprint density at radius 2 is 1.75 bits per heavy atom. The van der Waals surface area contributed by atoms with Crippen LogP contribution in [0.5, 0.6) is 0 Å². The first-order valence-electron chi connectivity index (χ1n) is 9.28. The Balaban J connectivity index is 1.43. The number of hydrogen-bond acceptors (Lipinski definition) is 6. The van der Waals surface area contributed by atoms with Crippen molar-refractivity contribution in [1.29, 1.82) is 0 Å². The second-order valence-electron chi connectivity index (χ2n) is 6.56. The number of carbonyl (C=O) groups is 1. The minimum Gasteiger partial charge on any atom is -0.378 e. The van der Waals surface area contributed by atoms with Gasteiger partial charge in [-0.2, -0.15) is 0 Å². The molecule has 0 radical (unpaired) electrons. The molecule has 0 aliphatic carbocycles. The summed E-state index contributed by atoms with van der Waals surface area (Å²) in [5.74, 6) is 0.228. The van der Waals surface area contributed by atoms with Crippen LogP contribution in [0.15, 0.2) is 53.6 Å². The van der Waals surface area contributed by atoms with Crippen molar-refractivity contribution in [2.75, 3.05) is 42.3 Å². The molecule has 0 bridgehead atoms. The number of aromatic nitrogens is 2. The molecule has 1 aromatic heterocycles. The fourth-order valence-electron chi connectivity index (χ4n) is 3.19. The minimum absolute atomic E-state index is 0.0555. The van der Waals surface area contributed by atoms with Crippen molar-refractivity contribution in [3.05, 3.63) is 54.2 Å². The Bertz CT molecular complexity index is 989. The molecule has 1 fully saturated rings. The van der Waals surface area contributed by atoms with E-state index in [-0.39, 0.29) is 11.7 Å². The van der Waals surface area contributed by atoms with Crippen LogP contribution in [0.3, 0.4) is 0 Å². The molecule has 2 heterocycles. The molecule has 1 aliphatic rings. The Labute approximate surface area is 168 Å². The van der Waals surface area contributed by atoms with Gasteiger partial charge in [-0.25, -0.2) is 9.97 Å². The molecule has 1 N–H and O–H groups in total. The van der Waals surface area contributed by atoms with Gasteiger partial charge in [0.2, 0.25) is 5.91 Å². The predicted octanol–water partition coefficient (Wildman–Crippen LogP) is 3.51. The Hall–Kier alpha value is -2.64. The standard InChI is InChI=1S/C21H22N4O2S/c1-15-21(24-17-7-3-2-6-16(17)22-15)28-14-20(26)23-18-8-4-5-9-19(18)25-10-12-27-13-11-25/h2-9H,10-14H2,1H3,(H,23,26). The number of fused-ring (bicyclic) bond motifs is 1. The number of rotatable bonds is 5. The highest BCUT2D eigenvalue weighted by atomic mass is 32.2. The van der Waals surface area contributed by atoms with E-state index in [0.717, 1.165) is 46.2 Å². The highest BCUT2D eigenvalue weighted by Crippen LogP contribution is 2.27. The lowest BCUT2D eigenvalue weighted by molar-refractivity contribution is -0.113. The monoisotopic (exact) mass is 394 g/mol. The first kappa shape index (κ1) is 18.7. The number of thioether (sulfide) groups is 1. The van der Waals surface area contributed by atoms with E-state index in [1.54, 1.807) is 0 Å². The number of carbonyl (C=O) groups excluding carboxylic acids is 1. The molecule has 6 nitrogen and oxygen atoms in total. The van der Waals surface area contributed by atoms with Crippen LogP contribution in [0.4, 0.5) is 11.4 Å². The van der Waals surface area contributed by atoms with Crippen LogP contribution in [0.25, 0.3) is 11.0 Å². The molecule has 0 saturated carbocycles. The molecule has 7 heteroatoms. The zero-order valence-electron chi connectivity index (χ0n) is 15.7. The number of anilines is 2. The van der Waals surface area contributed by atoms with Crippen LogP contribution in [-0.4, -0.2) is 47.9 Å². The topological polar surface area (TPSA) is 67.4 Å². The van der Waals surface area contributed by atoms with E-state index in [9.17, 15) is 4.79 Å². The fourth-order valence-corrected chi connectivity index (χ4v) is 3.95. The molecular weight excluding hydrogens is 372 g/mol. The number of morpholine rings is 1. The number of nitrogens with one attached hydrogen (secondary N) is 1. The number of para-hydroxylation sites is 4. The lowest BCUT2D eigenvalue weighted by Gasteiger charge is -2.30. The summed E-state index contributed by atoms with van der Waals surface area (Å²) in [6.07, 6.45) is 0. The van der Waals surface area contributed by atoms with Gasteiger partial charge in [-0.3, -0.25) is 4.79 Å². The van der Waals surface area contributed by atoms with E-state index in [4.69, 9.17) is 4.74 Å². The van der Waals surface area contributed by atoms with Gasteiger partial charge in [0.05, 0.1) is 47.1 Å². The third-order valence-electron chi connectivity index (χ3n) is 4.57. The van der Waals surface area contributed by atoms with E-state index in [2.05, 4.69) is 20.2 Å². The van der Waals surface area contributed by atoms with Gasteiger partial charge in [0.25, 0.3) is 0 Å². The zero-order chi connectivity index (χ0) is 19.3. The van der Waals surface area contributed by atoms with Crippen LogP contribution in [0.2, 0.25) is 0 Å². The third-order valence-corrected chi connectivity index (χ3v) is 5.64. The lowest BCUT2D eigenvalue weighted by Crippen LogP contribution is -2.36. The summed E-state index contributed by atoms with van der Waals surface area (Å²) in [5.41, 5.74) is 4.41.